The molecule has 0 fully saturated rings. The number of nitrogens with two attached hydrogens (primary N) is 2. The number of nitrogens with one attached hydrogen (secondary N) is 1. The lowest BCUT2D eigenvalue weighted by atomic mass is 10.1. The summed E-state index contributed by atoms with van der Waals surface area (Å²) < 4.78 is 0. The second-order valence-corrected chi connectivity index (χ2v) is 6.12. The van der Waals surface area contributed by atoms with Crippen molar-refractivity contribution in [1.82, 2.24) is 0 Å². The van der Waals surface area contributed by atoms with Crippen LogP contribution in [0.5, 0.6) is 0 Å². The normalized spacial score (nSPS) is 12.2. The van der Waals surface area contributed by atoms with E-state index in [9.17, 15) is 4.79 Å². The van der Waals surface area contributed by atoms with Gasteiger partial charge in [-0.05, 0) is 37.0 Å². The Kier molecular flexibility index (Phi) is 6.31. The molecular weight excluding hydrogens is 282 g/mol. The van der Waals surface area contributed by atoms with E-state index < -0.39 is 5.91 Å². The van der Waals surface area contributed by atoms with Crippen molar-refractivity contribution in [3.8, 4) is 0 Å². The number of hydrogen-bond acceptors (Lipinski definition) is 4. The molecule has 0 aliphatic carbocycles. The van der Waals surface area contributed by atoms with E-state index in [0.29, 0.717) is 22.0 Å². The fourth-order valence-corrected chi connectivity index (χ4v) is 2.78. The topological polar surface area (TPSA) is 81.1 Å². The van der Waals surface area contributed by atoms with E-state index >= 15 is 0 Å². The molecule has 0 radical (unpaired) electrons. The molecule has 5 N–H and O–H groups in total. The number of anilines is 2. The number of nitrogen functional groups attached to an aromatic ring is 1. The Balaban J connectivity index is 2.84. The number of benzene rings is 1. The van der Waals surface area contributed by atoms with E-state index in [4.69, 9.17) is 23.1 Å². The number of rotatable bonds is 7. The molecule has 1 amide bonds. The highest BCUT2D eigenvalue weighted by atomic mass is 35.5. The van der Waals surface area contributed by atoms with Gasteiger partial charge in [-0.3, -0.25) is 4.79 Å². The zero-order chi connectivity index (χ0) is 14.4. The summed E-state index contributed by atoms with van der Waals surface area (Å²) in [4.78, 5) is 11.4. The number of hydrogen-bond donors (Lipinski definition) is 3. The Hall–Kier alpha value is -1.07. The van der Waals surface area contributed by atoms with Crippen LogP contribution in [0.4, 0.5) is 11.4 Å². The molecule has 4 nitrogen and oxygen atoms in total. The minimum absolute atomic E-state index is 0.207. The predicted molar refractivity (Wildman–Crippen MR) is 85.1 cm³/mol. The molecule has 1 aromatic carbocycles. The van der Waals surface area contributed by atoms with Crippen molar-refractivity contribution in [2.45, 2.75) is 26.3 Å². The Morgan fingerprint density at radius 3 is 2.79 bits per heavy atom. The monoisotopic (exact) mass is 301 g/mol. The second kappa shape index (κ2) is 7.50. The van der Waals surface area contributed by atoms with Gasteiger partial charge in [-0.15, -0.1) is 0 Å². The first kappa shape index (κ1) is 16.0. The van der Waals surface area contributed by atoms with Crippen molar-refractivity contribution in [3.05, 3.63) is 22.7 Å². The summed E-state index contributed by atoms with van der Waals surface area (Å²) in [5.74, 6) is 1.62. The average Bonchev–Trinajstić information content (AvgIpc) is 2.32. The van der Waals surface area contributed by atoms with Crippen LogP contribution in [0.2, 0.25) is 5.02 Å². The lowest BCUT2D eigenvalue weighted by Gasteiger charge is -2.18. The van der Waals surface area contributed by atoms with Crippen molar-refractivity contribution >= 4 is 40.6 Å². The van der Waals surface area contributed by atoms with Gasteiger partial charge in [-0.2, -0.15) is 11.8 Å². The number of halogens is 1. The van der Waals surface area contributed by atoms with Crippen molar-refractivity contribution in [2.24, 2.45) is 5.73 Å². The zero-order valence-electron chi connectivity index (χ0n) is 11.2. The van der Waals surface area contributed by atoms with E-state index in [0.717, 1.165) is 17.9 Å². The molecule has 0 saturated heterocycles. The Morgan fingerprint density at radius 2 is 2.21 bits per heavy atom. The molecule has 0 saturated carbocycles. The maximum atomic E-state index is 11.4. The van der Waals surface area contributed by atoms with Crippen molar-refractivity contribution in [2.75, 3.05) is 22.6 Å². The van der Waals surface area contributed by atoms with Crippen LogP contribution in [-0.2, 0) is 0 Å². The molecule has 0 aliphatic rings. The van der Waals surface area contributed by atoms with Gasteiger partial charge in [0.1, 0.15) is 0 Å². The lowest BCUT2D eigenvalue weighted by molar-refractivity contribution is 0.100. The Morgan fingerprint density at radius 1 is 1.53 bits per heavy atom. The first-order valence-corrected chi connectivity index (χ1v) is 7.72. The third-order valence-electron chi connectivity index (χ3n) is 2.67. The first-order chi connectivity index (χ1) is 8.95. The quantitative estimate of drug-likeness (QED) is 0.534. The lowest BCUT2D eigenvalue weighted by Crippen LogP contribution is -2.21. The third kappa shape index (κ3) is 4.84. The molecule has 0 bridgehead atoms. The molecule has 1 unspecified atom stereocenters. The summed E-state index contributed by atoms with van der Waals surface area (Å²) in [6, 6.07) is 3.37. The molecule has 0 heterocycles. The largest absolute Gasteiger partial charge is 0.399 e. The third-order valence-corrected chi connectivity index (χ3v) is 3.90. The summed E-state index contributed by atoms with van der Waals surface area (Å²) >= 11 is 8.01. The highest BCUT2D eigenvalue weighted by Gasteiger charge is 2.15. The van der Waals surface area contributed by atoms with E-state index in [2.05, 4.69) is 12.2 Å². The summed E-state index contributed by atoms with van der Waals surface area (Å²) in [7, 11) is 0. The predicted octanol–water partition coefficient (Wildman–Crippen LogP) is 2.96. The molecule has 1 atom stereocenters. The van der Waals surface area contributed by atoms with E-state index in [1.165, 1.54) is 0 Å². The molecule has 0 aromatic heterocycles. The van der Waals surface area contributed by atoms with Gasteiger partial charge in [0, 0.05) is 11.7 Å². The van der Waals surface area contributed by atoms with Crippen molar-refractivity contribution in [1.29, 1.82) is 0 Å². The van der Waals surface area contributed by atoms with Crippen LogP contribution < -0.4 is 16.8 Å². The van der Waals surface area contributed by atoms with Crippen molar-refractivity contribution in [3.63, 3.8) is 0 Å². The van der Waals surface area contributed by atoms with Crippen LogP contribution >= 0.6 is 23.4 Å². The van der Waals surface area contributed by atoms with Gasteiger partial charge in [-0.1, -0.05) is 18.5 Å². The SMILES string of the molecule is CCSCCC(C)Nc1c(Cl)cc(N)cc1C(N)=O. The smallest absolute Gasteiger partial charge is 0.250 e. The van der Waals surface area contributed by atoms with Crippen LogP contribution in [-0.4, -0.2) is 23.5 Å². The fraction of sp³-hybridized carbons (Fsp3) is 0.462. The van der Waals surface area contributed by atoms with Gasteiger partial charge < -0.3 is 16.8 Å². The number of carbonyl (C=O) groups is 1. The van der Waals surface area contributed by atoms with Gasteiger partial charge in [0.05, 0.1) is 16.3 Å². The van der Waals surface area contributed by atoms with E-state index in [1.807, 2.05) is 18.7 Å². The Labute approximate surface area is 123 Å². The summed E-state index contributed by atoms with van der Waals surface area (Å²) in [5.41, 5.74) is 12.4. The maximum Gasteiger partial charge on any atom is 0.250 e. The molecule has 6 heteroatoms. The van der Waals surface area contributed by atoms with Crippen LogP contribution in [0.3, 0.4) is 0 Å². The van der Waals surface area contributed by atoms with Gasteiger partial charge in [0.15, 0.2) is 0 Å². The number of primary amides is 1. The van der Waals surface area contributed by atoms with E-state index in [1.54, 1.807) is 12.1 Å². The standard InChI is InChI=1S/C13H20ClN3OS/c1-3-19-5-4-8(2)17-12-10(13(16)18)6-9(15)7-11(12)14/h6-8,17H,3-5,15H2,1-2H3,(H2,16,18). The summed E-state index contributed by atoms with van der Waals surface area (Å²) in [6.07, 6.45) is 0.984. The molecule has 0 spiro atoms. The van der Waals surface area contributed by atoms with Crippen molar-refractivity contribution < 1.29 is 4.79 Å². The van der Waals surface area contributed by atoms with Crippen LogP contribution in [0.25, 0.3) is 0 Å². The molecule has 106 valence electrons. The molecule has 0 aliphatic heterocycles. The fourth-order valence-electron chi connectivity index (χ4n) is 1.69. The highest BCUT2D eigenvalue weighted by Crippen LogP contribution is 2.30. The van der Waals surface area contributed by atoms with Gasteiger partial charge in [-0.25, -0.2) is 0 Å². The zero-order valence-corrected chi connectivity index (χ0v) is 12.8. The van der Waals surface area contributed by atoms with Gasteiger partial charge >= 0.3 is 0 Å². The summed E-state index contributed by atoms with van der Waals surface area (Å²) in [5, 5.41) is 3.66. The molecule has 19 heavy (non-hydrogen) atoms. The number of amides is 1. The average molecular weight is 302 g/mol. The van der Waals surface area contributed by atoms with Crippen LogP contribution in [0.15, 0.2) is 12.1 Å². The van der Waals surface area contributed by atoms with Gasteiger partial charge in [0.25, 0.3) is 5.91 Å². The first-order valence-electron chi connectivity index (χ1n) is 6.18. The van der Waals surface area contributed by atoms with Crippen LogP contribution in [0, 0.1) is 0 Å². The van der Waals surface area contributed by atoms with E-state index in [-0.39, 0.29) is 6.04 Å². The Bertz CT molecular complexity index is 454. The number of carbonyl (C=O) groups excluding carboxylic acids is 1. The molecule has 1 rings (SSSR count). The number of thioether (sulfide) groups is 1. The summed E-state index contributed by atoms with van der Waals surface area (Å²) in [6.45, 7) is 4.18. The molecular formula is C13H20ClN3OS. The highest BCUT2D eigenvalue weighted by molar-refractivity contribution is 7.99. The van der Waals surface area contributed by atoms with Crippen LogP contribution in [0.1, 0.15) is 30.6 Å². The minimum Gasteiger partial charge on any atom is -0.399 e. The maximum absolute atomic E-state index is 11.4. The molecule has 1 aromatic rings. The second-order valence-electron chi connectivity index (χ2n) is 4.32. The van der Waals surface area contributed by atoms with Gasteiger partial charge in [0.2, 0.25) is 0 Å². The minimum atomic E-state index is -0.535.